The Balaban J connectivity index is -0.000000209. The van der Waals surface area contributed by atoms with Crippen LogP contribution in [0.4, 0.5) is 0 Å². The SMILES string of the molecule is CC(=O)[O-].COCCOCO[C-]=O.[Zn+2]. The molecule has 14 heavy (non-hydrogen) atoms. The minimum absolute atomic E-state index is 0. The minimum atomic E-state index is -1.08. The zero-order chi connectivity index (χ0) is 10.5. The molecular formula is C7H12O6Zn. The number of aliphatic carboxylic acids is 1. The van der Waals surface area contributed by atoms with Crippen LogP contribution in [0.3, 0.4) is 0 Å². The van der Waals surface area contributed by atoms with Crippen LogP contribution in [0.15, 0.2) is 0 Å². The van der Waals surface area contributed by atoms with E-state index in [-0.39, 0.29) is 26.3 Å². The van der Waals surface area contributed by atoms with Crippen molar-refractivity contribution in [2.75, 3.05) is 27.1 Å². The Morgan fingerprint density at radius 3 is 2.29 bits per heavy atom. The zero-order valence-corrected chi connectivity index (χ0v) is 11.2. The first-order valence-electron chi connectivity index (χ1n) is 3.38. The summed E-state index contributed by atoms with van der Waals surface area (Å²) in [5.74, 6) is -1.08. The number of carboxylic acid groups (broad SMARTS) is 1. The van der Waals surface area contributed by atoms with Gasteiger partial charge in [0.25, 0.3) is 0 Å². The quantitative estimate of drug-likeness (QED) is 0.248. The third-order valence-electron chi connectivity index (χ3n) is 0.633. The van der Waals surface area contributed by atoms with E-state index in [0.29, 0.717) is 13.2 Å². The molecule has 0 radical (unpaired) electrons. The Hall–Kier alpha value is -0.517. The van der Waals surface area contributed by atoms with Crippen LogP contribution in [0.5, 0.6) is 0 Å². The number of hydrogen-bond donors (Lipinski definition) is 0. The molecule has 0 heterocycles. The van der Waals surface area contributed by atoms with Gasteiger partial charge in [-0.05, 0) is 6.92 Å². The number of methoxy groups -OCH3 is 1. The van der Waals surface area contributed by atoms with Crippen LogP contribution < -0.4 is 5.11 Å². The van der Waals surface area contributed by atoms with Crippen LogP contribution in [0, 0.1) is 0 Å². The van der Waals surface area contributed by atoms with Crippen molar-refractivity contribution in [3.63, 3.8) is 0 Å². The van der Waals surface area contributed by atoms with Gasteiger partial charge in [-0.15, -0.1) is 0 Å². The molecule has 0 bridgehead atoms. The van der Waals surface area contributed by atoms with Gasteiger partial charge in [0.2, 0.25) is 0 Å². The topological polar surface area (TPSA) is 84.9 Å². The summed E-state index contributed by atoms with van der Waals surface area (Å²) in [7, 11) is 1.57. The van der Waals surface area contributed by atoms with E-state index in [0.717, 1.165) is 6.92 Å². The predicted octanol–water partition coefficient (Wildman–Crippen LogP) is -1.56. The molecule has 0 amide bonds. The van der Waals surface area contributed by atoms with Crippen LogP contribution >= 0.6 is 0 Å². The number of ether oxygens (including phenoxy) is 3. The predicted molar refractivity (Wildman–Crippen MR) is 40.2 cm³/mol. The van der Waals surface area contributed by atoms with Crippen LogP contribution in [0.1, 0.15) is 6.92 Å². The third-order valence-corrected chi connectivity index (χ3v) is 0.633. The molecule has 0 rings (SSSR count). The Morgan fingerprint density at radius 1 is 1.43 bits per heavy atom. The van der Waals surface area contributed by atoms with E-state index >= 15 is 0 Å². The molecule has 0 aromatic carbocycles. The van der Waals surface area contributed by atoms with E-state index in [1.165, 1.54) is 6.47 Å². The second-order valence-corrected chi connectivity index (χ2v) is 1.74. The summed E-state index contributed by atoms with van der Waals surface area (Å²) in [5.41, 5.74) is 0. The summed E-state index contributed by atoms with van der Waals surface area (Å²) < 4.78 is 13.4. The summed E-state index contributed by atoms with van der Waals surface area (Å²) in [5, 5.41) is 8.89. The normalized spacial score (nSPS) is 7.57. The number of hydrogen-bond acceptors (Lipinski definition) is 6. The first-order chi connectivity index (χ1) is 6.15. The molecule has 0 aliphatic rings. The van der Waals surface area contributed by atoms with E-state index in [4.69, 9.17) is 14.6 Å². The molecule has 7 heteroatoms. The Labute approximate surface area is 95.3 Å². The van der Waals surface area contributed by atoms with Gasteiger partial charge in [0, 0.05) is 13.1 Å². The monoisotopic (exact) mass is 256 g/mol. The molecule has 0 N–H and O–H groups in total. The van der Waals surface area contributed by atoms with Crippen molar-refractivity contribution in [3.05, 3.63) is 0 Å². The smallest absolute Gasteiger partial charge is 0.634 e. The maximum atomic E-state index is 9.38. The molecule has 0 aromatic heterocycles. The third kappa shape index (κ3) is 42.0. The average molecular weight is 258 g/mol. The standard InChI is InChI=1S/C5H9O4.C2H4O2.Zn/c1-7-2-3-8-5-9-4-6;1-2(3)4;/h2-3,5H2,1H3;1H3,(H,3,4);/q-1;;+2/p-1. The summed E-state index contributed by atoms with van der Waals surface area (Å²) >= 11 is 0. The van der Waals surface area contributed by atoms with Crippen molar-refractivity contribution >= 4 is 12.4 Å². The van der Waals surface area contributed by atoms with Gasteiger partial charge in [-0.1, -0.05) is 6.47 Å². The Kier molecular flexibility index (Phi) is 25.0. The summed E-state index contributed by atoms with van der Waals surface area (Å²) in [6.45, 7) is 3.08. The maximum absolute atomic E-state index is 9.38. The van der Waals surface area contributed by atoms with Gasteiger partial charge in [0.15, 0.2) is 6.79 Å². The summed E-state index contributed by atoms with van der Waals surface area (Å²) in [4.78, 5) is 18.3. The van der Waals surface area contributed by atoms with Crippen LogP contribution in [0.2, 0.25) is 0 Å². The molecule has 6 nitrogen and oxygen atoms in total. The molecule has 0 fully saturated rings. The zero-order valence-electron chi connectivity index (χ0n) is 8.28. The van der Waals surface area contributed by atoms with Crippen molar-refractivity contribution in [1.82, 2.24) is 0 Å². The van der Waals surface area contributed by atoms with E-state index < -0.39 is 5.97 Å². The molecule has 0 aromatic rings. The first-order valence-corrected chi connectivity index (χ1v) is 3.38. The molecular weight excluding hydrogens is 245 g/mol. The Morgan fingerprint density at radius 2 is 1.93 bits per heavy atom. The number of carbonyl (C=O) groups excluding carboxylic acids is 2. The molecule has 0 aliphatic carbocycles. The van der Waals surface area contributed by atoms with Crippen molar-refractivity contribution in [3.8, 4) is 0 Å². The van der Waals surface area contributed by atoms with Gasteiger partial charge in [0.05, 0.1) is 13.2 Å². The van der Waals surface area contributed by atoms with Gasteiger partial charge in [-0.2, -0.15) is 0 Å². The first kappa shape index (κ1) is 19.1. The average Bonchev–Trinajstić information content (AvgIpc) is 2.03. The van der Waals surface area contributed by atoms with Gasteiger partial charge in [-0.3, -0.25) is 0 Å². The molecule has 78 valence electrons. The van der Waals surface area contributed by atoms with Crippen molar-refractivity contribution < 1.29 is 48.4 Å². The van der Waals surface area contributed by atoms with Gasteiger partial charge < -0.3 is 28.9 Å². The summed E-state index contributed by atoms with van der Waals surface area (Å²) in [6, 6.07) is 0. The Bertz CT molecular complexity index is 125. The molecule has 0 saturated heterocycles. The van der Waals surface area contributed by atoms with Crippen molar-refractivity contribution in [2.24, 2.45) is 0 Å². The molecule has 0 atom stereocenters. The van der Waals surface area contributed by atoms with E-state index in [9.17, 15) is 4.79 Å². The fourth-order valence-corrected chi connectivity index (χ4v) is 0.267. The van der Waals surface area contributed by atoms with Crippen molar-refractivity contribution in [1.29, 1.82) is 0 Å². The summed E-state index contributed by atoms with van der Waals surface area (Å²) in [6.07, 6.45) is 0. The van der Waals surface area contributed by atoms with E-state index in [1.807, 2.05) is 0 Å². The van der Waals surface area contributed by atoms with Crippen LogP contribution in [0.25, 0.3) is 0 Å². The van der Waals surface area contributed by atoms with E-state index in [1.54, 1.807) is 7.11 Å². The van der Waals surface area contributed by atoms with Crippen molar-refractivity contribution in [2.45, 2.75) is 6.92 Å². The second kappa shape index (κ2) is 18.3. The number of carbonyl (C=O) groups is 1. The second-order valence-electron chi connectivity index (χ2n) is 1.74. The largest absolute Gasteiger partial charge is 2.00 e. The van der Waals surface area contributed by atoms with Gasteiger partial charge in [-0.25, -0.2) is 0 Å². The van der Waals surface area contributed by atoms with Crippen LogP contribution in [-0.4, -0.2) is 39.6 Å². The van der Waals surface area contributed by atoms with E-state index in [2.05, 4.69) is 9.47 Å². The molecule has 0 unspecified atom stereocenters. The number of carboxylic acids is 1. The fourth-order valence-electron chi connectivity index (χ4n) is 0.267. The van der Waals surface area contributed by atoms with Gasteiger partial charge >= 0.3 is 19.5 Å². The number of rotatable bonds is 6. The fraction of sp³-hybridized carbons (Fsp3) is 0.714. The molecule has 0 spiro atoms. The van der Waals surface area contributed by atoms with Gasteiger partial charge in [0.1, 0.15) is 0 Å². The molecule has 0 saturated carbocycles. The minimum Gasteiger partial charge on any atom is -0.634 e. The molecule has 0 aliphatic heterocycles. The maximum Gasteiger partial charge on any atom is 2.00 e. The van der Waals surface area contributed by atoms with Crippen LogP contribution in [-0.2, 0) is 43.3 Å².